The van der Waals surface area contributed by atoms with E-state index >= 15 is 0 Å². The van der Waals surface area contributed by atoms with E-state index in [0.29, 0.717) is 5.69 Å². The molecule has 0 aromatic heterocycles. The van der Waals surface area contributed by atoms with E-state index < -0.39 is 11.7 Å². The van der Waals surface area contributed by atoms with Gasteiger partial charge in [0.15, 0.2) is 0 Å². The van der Waals surface area contributed by atoms with Crippen molar-refractivity contribution in [2.75, 3.05) is 31.1 Å². The lowest BCUT2D eigenvalue weighted by molar-refractivity contribution is -0.137. The van der Waals surface area contributed by atoms with E-state index in [2.05, 4.69) is 28.9 Å². The number of piperidine rings is 1. The lowest BCUT2D eigenvalue weighted by Crippen LogP contribution is -2.36. The predicted molar refractivity (Wildman–Crippen MR) is 110 cm³/mol. The number of alkyl halides is 3. The molecule has 0 atom stereocenters. The first-order valence-corrected chi connectivity index (χ1v) is 11.0. The number of rotatable bonds is 4. The molecule has 0 radical (unpaired) electrons. The fourth-order valence-electron chi connectivity index (χ4n) is 4.19. The van der Waals surface area contributed by atoms with Gasteiger partial charge in [-0.25, -0.2) is 0 Å². The van der Waals surface area contributed by atoms with Crippen molar-refractivity contribution in [2.45, 2.75) is 50.1 Å². The van der Waals surface area contributed by atoms with Crippen LogP contribution in [0.25, 0.3) is 0 Å². The average molecular weight is 409 g/mol. The Morgan fingerprint density at radius 3 is 2.57 bits per heavy atom. The third kappa shape index (κ3) is 4.28. The lowest BCUT2D eigenvalue weighted by Gasteiger charge is -2.37. The Morgan fingerprint density at radius 1 is 1.07 bits per heavy atom. The van der Waals surface area contributed by atoms with Gasteiger partial charge in [0.1, 0.15) is 0 Å². The Hall–Kier alpha value is -1.40. The standard InChI is InChI=1S/C22H27F3N2S/c1-16-9-13-26(14-10-16)11-4-12-27-18-5-2-3-6-20(18)28-21-8-7-17(15-19(21)27)22(23,24)25/h5-8,15-16H,2-4,9-14H2,1H3. The van der Waals surface area contributed by atoms with Crippen LogP contribution in [-0.2, 0) is 6.18 Å². The number of fused-ring (bicyclic) bond motifs is 2. The summed E-state index contributed by atoms with van der Waals surface area (Å²) in [6, 6.07) is 4.17. The van der Waals surface area contributed by atoms with Gasteiger partial charge in [-0.3, -0.25) is 0 Å². The molecule has 2 nitrogen and oxygen atoms in total. The Morgan fingerprint density at radius 2 is 1.82 bits per heavy atom. The summed E-state index contributed by atoms with van der Waals surface area (Å²) in [4.78, 5) is 6.73. The second kappa shape index (κ2) is 8.15. The van der Waals surface area contributed by atoms with E-state index in [4.69, 9.17) is 0 Å². The summed E-state index contributed by atoms with van der Waals surface area (Å²) in [6.07, 6.45) is 5.50. The average Bonchev–Trinajstić information content (AvgIpc) is 2.68. The summed E-state index contributed by atoms with van der Waals surface area (Å²) < 4.78 is 39.9. The maximum Gasteiger partial charge on any atom is 0.416 e. The molecule has 2 aliphatic heterocycles. The highest BCUT2D eigenvalue weighted by Crippen LogP contribution is 2.49. The SMILES string of the molecule is CC1CCN(CCCN2C3=CCCC=C3Sc3ccc(C(F)(F)F)cc32)CC1. The molecular formula is C22H27F3N2S. The highest BCUT2D eigenvalue weighted by Gasteiger charge is 2.34. The normalized spacial score (nSPS) is 21.1. The Kier molecular flexibility index (Phi) is 5.79. The van der Waals surface area contributed by atoms with Crippen molar-refractivity contribution in [3.05, 3.63) is 46.5 Å². The maximum atomic E-state index is 13.3. The number of allylic oxidation sites excluding steroid dienone is 2. The van der Waals surface area contributed by atoms with Crippen LogP contribution >= 0.6 is 11.8 Å². The summed E-state index contributed by atoms with van der Waals surface area (Å²) in [6.45, 7) is 6.35. The van der Waals surface area contributed by atoms with Crippen LogP contribution in [-0.4, -0.2) is 31.1 Å². The van der Waals surface area contributed by atoms with Crippen molar-refractivity contribution < 1.29 is 13.2 Å². The van der Waals surface area contributed by atoms with Crippen LogP contribution < -0.4 is 4.90 Å². The zero-order chi connectivity index (χ0) is 19.7. The third-order valence-corrected chi connectivity index (χ3v) is 7.07. The van der Waals surface area contributed by atoms with Gasteiger partial charge in [-0.2, -0.15) is 13.2 Å². The second-order valence-corrected chi connectivity index (χ2v) is 9.13. The van der Waals surface area contributed by atoms with Crippen molar-refractivity contribution in [3.63, 3.8) is 0 Å². The van der Waals surface area contributed by atoms with Crippen molar-refractivity contribution in [1.82, 2.24) is 4.90 Å². The first-order chi connectivity index (χ1) is 13.4. The second-order valence-electron chi connectivity index (χ2n) is 8.05. The lowest BCUT2D eigenvalue weighted by atomic mass is 9.99. The van der Waals surface area contributed by atoms with E-state index in [1.54, 1.807) is 17.8 Å². The van der Waals surface area contributed by atoms with Crippen LogP contribution in [0.15, 0.2) is 45.8 Å². The molecular weight excluding hydrogens is 381 g/mol. The van der Waals surface area contributed by atoms with E-state index in [-0.39, 0.29) is 0 Å². The van der Waals surface area contributed by atoms with Gasteiger partial charge in [0.2, 0.25) is 0 Å². The van der Waals surface area contributed by atoms with Gasteiger partial charge in [-0.05, 0) is 75.9 Å². The van der Waals surface area contributed by atoms with E-state index in [0.717, 1.165) is 62.0 Å². The molecule has 1 aromatic rings. The zero-order valence-electron chi connectivity index (χ0n) is 16.3. The van der Waals surface area contributed by atoms with Crippen LogP contribution in [0.1, 0.15) is 44.6 Å². The van der Waals surface area contributed by atoms with E-state index in [1.165, 1.54) is 29.9 Å². The summed E-state index contributed by atoms with van der Waals surface area (Å²) in [5, 5.41) is 0. The van der Waals surface area contributed by atoms with Gasteiger partial charge < -0.3 is 9.80 Å². The number of benzene rings is 1. The number of thioether (sulfide) groups is 1. The molecule has 6 heteroatoms. The predicted octanol–water partition coefficient (Wildman–Crippen LogP) is 6.30. The highest BCUT2D eigenvalue weighted by molar-refractivity contribution is 8.03. The molecule has 3 aliphatic rings. The minimum Gasteiger partial charge on any atom is -0.340 e. The molecule has 0 spiro atoms. The molecule has 0 saturated carbocycles. The molecule has 1 aliphatic carbocycles. The summed E-state index contributed by atoms with van der Waals surface area (Å²) in [7, 11) is 0. The molecule has 0 N–H and O–H groups in total. The van der Waals surface area contributed by atoms with Crippen molar-refractivity contribution in [1.29, 1.82) is 0 Å². The third-order valence-electron chi connectivity index (χ3n) is 5.91. The van der Waals surface area contributed by atoms with Crippen molar-refractivity contribution in [3.8, 4) is 0 Å². The Labute approximate surface area is 169 Å². The van der Waals surface area contributed by atoms with Crippen LogP contribution in [0.4, 0.5) is 18.9 Å². The smallest absolute Gasteiger partial charge is 0.340 e. The van der Waals surface area contributed by atoms with Crippen LogP contribution in [0, 0.1) is 5.92 Å². The molecule has 1 fully saturated rings. The molecule has 28 heavy (non-hydrogen) atoms. The van der Waals surface area contributed by atoms with Gasteiger partial charge in [0.25, 0.3) is 0 Å². The molecule has 0 bridgehead atoms. The fourth-order valence-corrected chi connectivity index (χ4v) is 5.34. The first kappa shape index (κ1) is 19.9. The molecule has 1 aromatic carbocycles. The highest BCUT2D eigenvalue weighted by atomic mass is 32.2. The monoisotopic (exact) mass is 408 g/mol. The van der Waals surface area contributed by atoms with Crippen LogP contribution in [0.5, 0.6) is 0 Å². The van der Waals surface area contributed by atoms with Crippen molar-refractivity contribution in [2.24, 2.45) is 5.92 Å². The fraction of sp³-hybridized carbons (Fsp3) is 0.545. The van der Waals surface area contributed by atoms with Gasteiger partial charge in [-0.1, -0.05) is 30.8 Å². The minimum atomic E-state index is -4.31. The summed E-state index contributed by atoms with van der Waals surface area (Å²) in [5.41, 5.74) is 1.23. The zero-order valence-corrected chi connectivity index (χ0v) is 17.1. The van der Waals surface area contributed by atoms with Gasteiger partial charge >= 0.3 is 6.18 Å². The summed E-state index contributed by atoms with van der Waals surface area (Å²) >= 11 is 1.60. The number of likely N-dealkylation sites (tertiary alicyclic amines) is 1. The number of halogens is 3. The Bertz CT molecular complexity index is 776. The van der Waals surface area contributed by atoms with Crippen LogP contribution in [0.2, 0.25) is 0 Å². The molecule has 0 unspecified atom stereocenters. The number of hydrogen-bond donors (Lipinski definition) is 0. The molecule has 4 rings (SSSR count). The minimum absolute atomic E-state index is 0.564. The van der Waals surface area contributed by atoms with Gasteiger partial charge in [0.05, 0.1) is 16.9 Å². The largest absolute Gasteiger partial charge is 0.416 e. The quantitative estimate of drug-likeness (QED) is 0.577. The van der Waals surface area contributed by atoms with E-state index in [9.17, 15) is 13.2 Å². The number of anilines is 1. The van der Waals surface area contributed by atoms with E-state index in [1.807, 2.05) is 0 Å². The molecule has 152 valence electrons. The molecule has 0 amide bonds. The summed E-state index contributed by atoms with van der Waals surface area (Å²) in [5.74, 6) is 0.808. The molecule has 2 heterocycles. The Balaban J connectivity index is 1.54. The van der Waals surface area contributed by atoms with Crippen LogP contribution in [0.3, 0.4) is 0 Å². The van der Waals surface area contributed by atoms with Gasteiger partial charge in [0, 0.05) is 16.3 Å². The van der Waals surface area contributed by atoms with Gasteiger partial charge in [-0.15, -0.1) is 0 Å². The molecule has 1 saturated heterocycles. The number of nitrogens with zero attached hydrogens (tertiary/aromatic N) is 2. The number of hydrogen-bond acceptors (Lipinski definition) is 3. The van der Waals surface area contributed by atoms with Crippen molar-refractivity contribution >= 4 is 17.4 Å². The maximum absolute atomic E-state index is 13.3. The topological polar surface area (TPSA) is 6.48 Å². The first-order valence-electron chi connectivity index (χ1n) is 10.2.